The van der Waals surface area contributed by atoms with E-state index in [1.807, 2.05) is 43.3 Å². The van der Waals surface area contributed by atoms with Gasteiger partial charge in [-0.3, -0.25) is 9.59 Å². The predicted molar refractivity (Wildman–Crippen MR) is 126 cm³/mol. The number of amides is 2. The van der Waals surface area contributed by atoms with Crippen molar-refractivity contribution in [3.63, 3.8) is 0 Å². The van der Waals surface area contributed by atoms with Gasteiger partial charge < -0.3 is 15.2 Å². The van der Waals surface area contributed by atoms with Crippen molar-refractivity contribution < 1.29 is 9.59 Å². The van der Waals surface area contributed by atoms with E-state index in [9.17, 15) is 9.59 Å². The molecule has 2 aromatic carbocycles. The standard InChI is InChI=1S/C27H31N3O2/c1-16-9-8-14-22(17(16)2)29-24(31)15-30-26(19-10-4-5-11-20(19)27(30)32)25-18(3)28-23-13-7-6-12-21(23)25/h4-7,10-13,16-17,22,26,28H,8-9,14-15H2,1-3H3,(H,29,31). The summed E-state index contributed by atoms with van der Waals surface area (Å²) in [5.41, 5.74) is 4.81. The largest absolute Gasteiger partial charge is 0.358 e. The van der Waals surface area contributed by atoms with Crippen molar-refractivity contribution in [3.8, 4) is 0 Å². The van der Waals surface area contributed by atoms with Crippen LogP contribution in [-0.4, -0.2) is 34.3 Å². The predicted octanol–water partition coefficient (Wildman–Crippen LogP) is 4.96. The van der Waals surface area contributed by atoms with Crippen LogP contribution in [0.25, 0.3) is 10.9 Å². The van der Waals surface area contributed by atoms with Gasteiger partial charge >= 0.3 is 0 Å². The Hall–Kier alpha value is -3.08. The van der Waals surface area contributed by atoms with E-state index in [0.717, 1.165) is 40.6 Å². The van der Waals surface area contributed by atoms with Crippen molar-refractivity contribution in [2.75, 3.05) is 6.54 Å². The summed E-state index contributed by atoms with van der Waals surface area (Å²) >= 11 is 0. The van der Waals surface area contributed by atoms with Gasteiger partial charge in [0.25, 0.3) is 5.91 Å². The zero-order valence-electron chi connectivity index (χ0n) is 19.0. The van der Waals surface area contributed by atoms with Gasteiger partial charge in [0.05, 0.1) is 6.04 Å². The second-order valence-corrected chi connectivity index (χ2v) is 9.57. The molecule has 1 aliphatic heterocycles. The second-order valence-electron chi connectivity index (χ2n) is 9.57. The number of aryl methyl sites for hydroxylation is 1. The molecule has 3 aromatic rings. The Kier molecular flexibility index (Phi) is 5.28. The number of carbonyl (C=O) groups is 2. The number of nitrogens with zero attached hydrogens (tertiary/aromatic N) is 1. The topological polar surface area (TPSA) is 65.2 Å². The molecule has 5 rings (SSSR count). The molecule has 166 valence electrons. The van der Waals surface area contributed by atoms with E-state index in [2.05, 4.69) is 36.3 Å². The molecule has 0 bridgehead atoms. The first-order chi connectivity index (χ1) is 15.5. The van der Waals surface area contributed by atoms with Gasteiger partial charge in [0, 0.05) is 33.8 Å². The van der Waals surface area contributed by atoms with Gasteiger partial charge in [-0.15, -0.1) is 0 Å². The number of nitrogens with one attached hydrogen (secondary N) is 2. The quantitative estimate of drug-likeness (QED) is 0.615. The Morgan fingerprint density at radius 1 is 1.09 bits per heavy atom. The van der Waals surface area contributed by atoms with E-state index < -0.39 is 0 Å². The lowest BCUT2D eigenvalue weighted by molar-refractivity contribution is -0.123. The third-order valence-corrected chi connectivity index (χ3v) is 7.64. The molecule has 0 saturated heterocycles. The summed E-state index contributed by atoms with van der Waals surface area (Å²) in [5.74, 6) is 0.911. The van der Waals surface area contributed by atoms with E-state index in [0.29, 0.717) is 17.4 Å². The molecule has 2 aliphatic rings. The monoisotopic (exact) mass is 429 g/mol. The molecule has 2 amide bonds. The highest BCUT2D eigenvalue weighted by Crippen LogP contribution is 2.42. The molecule has 1 aromatic heterocycles. The van der Waals surface area contributed by atoms with Gasteiger partial charge in [-0.2, -0.15) is 0 Å². The van der Waals surface area contributed by atoms with Crippen molar-refractivity contribution in [1.82, 2.24) is 15.2 Å². The third-order valence-electron chi connectivity index (χ3n) is 7.64. The summed E-state index contributed by atoms with van der Waals surface area (Å²) in [4.78, 5) is 31.8. The number of carbonyl (C=O) groups excluding carboxylic acids is 2. The fraction of sp³-hybridized carbons (Fsp3) is 0.407. The molecule has 1 saturated carbocycles. The van der Waals surface area contributed by atoms with Gasteiger partial charge in [-0.1, -0.05) is 63.1 Å². The third kappa shape index (κ3) is 3.40. The Morgan fingerprint density at radius 2 is 1.84 bits per heavy atom. The highest BCUT2D eigenvalue weighted by Gasteiger charge is 2.40. The molecule has 5 nitrogen and oxygen atoms in total. The van der Waals surface area contributed by atoms with Crippen molar-refractivity contribution >= 4 is 22.7 Å². The molecule has 0 spiro atoms. The molecule has 2 heterocycles. The van der Waals surface area contributed by atoms with Crippen LogP contribution in [0.5, 0.6) is 0 Å². The van der Waals surface area contributed by atoms with Gasteiger partial charge in [-0.05, 0) is 42.9 Å². The Bertz CT molecular complexity index is 1180. The van der Waals surface area contributed by atoms with Gasteiger partial charge in [-0.25, -0.2) is 0 Å². The average Bonchev–Trinajstić information content (AvgIpc) is 3.25. The highest BCUT2D eigenvalue weighted by atomic mass is 16.2. The molecule has 1 fully saturated rings. The zero-order valence-corrected chi connectivity index (χ0v) is 19.0. The van der Waals surface area contributed by atoms with Crippen LogP contribution >= 0.6 is 0 Å². The summed E-state index contributed by atoms with van der Waals surface area (Å²) < 4.78 is 0. The average molecular weight is 430 g/mol. The van der Waals surface area contributed by atoms with Crippen LogP contribution in [0.4, 0.5) is 0 Å². The second kappa shape index (κ2) is 8.12. The van der Waals surface area contributed by atoms with E-state index in [1.165, 1.54) is 6.42 Å². The molecular weight excluding hydrogens is 398 g/mol. The van der Waals surface area contributed by atoms with Gasteiger partial charge in [0.1, 0.15) is 6.54 Å². The fourth-order valence-electron chi connectivity index (χ4n) is 5.69. The van der Waals surface area contributed by atoms with Crippen LogP contribution in [0.1, 0.15) is 66.3 Å². The minimum atomic E-state index is -0.275. The molecular formula is C27H31N3O2. The van der Waals surface area contributed by atoms with Gasteiger partial charge in [0.15, 0.2) is 0 Å². The van der Waals surface area contributed by atoms with E-state index in [1.54, 1.807) is 4.90 Å². The van der Waals surface area contributed by atoms with E-state index >= 15 is 0 Å². The van der Waals surface area contributed by atoms with Crippen LogP contribution in [0.15, 0.2) is 48.5 Å². The maximum absolute atomic E-state index is 13.4. The number of hydrogen-bond donors (Lipinski definition) is 2. The van der Waals surface area contributed by atoms with Crippen molar-refractivity contribution in [2.24, 2.45) is 11.8 Å². The number of rotatable bonds is 4. The number of hydrogen-bond acceptors (Lipinski definition) is 2. The van der Waals surface area contributed by atoms with Crippen LogP contribution in [0, 0.1) is 18.8 Å². The van der Waals surface area contributed by atoms with Crippen molar-refractivity contribution in [3.05, 3.63) is 70.9 Å². The number of benzene rings is 2. The first kappa shape index (κ1) is 20.8. The maximum atomic E-state index is 13.4. The molecule has 32 heavy (non-hydrogen) atoms. The minimum Gasteiger partial charge on any atom is -0.358 e. The molecule has 4 unspecified atom stereocenters. The highest BCUT2D eigenvalue weighted by molar-refractivity contribution is 6.02. The Morgan fingerprint density at radius 3 is 2.69 bits per heavy atom. The summed E-state index contributed by atoms with van der Waals surface area (Å²) in [7, 11) is 0. The first-order valence-corrected chi connectivity index (χ1v) is 11.7. The normalized spacial score (nSPS) is 25.2. The number of aromatic nitrogens is 1. The molecule has 2 N–H and O–H groups in total. The van der Waals surface area contributed by atoms with Crippen molar-refractivity contribution in [1.29, 1.82) is 0 Å². The minimum absolute atomic E-state index is 0.0642. The fourth-order valence-corrected chi connectivity index (χ4v) is 5.69. The van der Waals surface area contributed by atoms with Crippen molar-refractivity contribution in [2.45, 2.75) is 52.1 Å². The SMILES string of the molecule is Cc1[nH]c2ccccc2c1C1c2ccccc2C(=O)N1CC(=O)NC1CCCC(C)C1C. The lowest BCUT2D eigenvalue weighted by Gasteiger charge is -2.35. The molecule has 4 atom stereocenters. The molecule has 1 aliphatic carbocycles. The Labute approximate surface area is 189 Å². The number of aromatic amines is 1. The van der Waals surface area contributed by atoms with Crippen LogP contribution in [-0.2, 0) is 4.79 Å². The molecule has 5 heteroatoms. The lowest BCUT2D eigenvalue weighted by Crippen LogP contribution is -2.48. The summed E-state index contributed by atoms with van der Waals surface area (Å²) in [6.45, 7) is 6.60. The number of fused-ring (bicyclic) bond motifs is 2. The van der Waals surface area contributed by atoms with E-state index in [-0.39, 0.29) is 30.4 Å². The summed E-state index contributed by atoms with van der Waals surface area (Å²) in [6.07, 6.45) is 3.37. The van der Waals surface area contributed by atoms with Crippen LogP contribution in [0.3, 0.4) is 0 Å². The van der Waals surface area contributed by atoms with Crippen LogP contribution < -0.4 is 5.32 Å². The van der Waals surface area contributed by atoms with Crippen LogP contribution in [0.2, 0.25) is 0 Å². The first-order valence-electron chi connectivity index (χ1n) is 11.7. The Balaban J connectivity index is 1.49. The number of para-hydroxylation sites is 1. The smallest absolute Gasteiger partial charge is 0.255 e. The maximum Gasteiger partial charge on any atom is 0.255 e. The summed E-state index contributed by atoms with van der Waals surface area (Å²) in [5, 5.41) is 4.35. The lowest BCUT2D eigenvalue weighted by atomic mass is 9.78. The van der Waals surface area contributed by atoms with Gasteiger partial charge in [0.2, 0.25) is 5.91 Å². The van der Waals surface area contributed by atoms with E-state index in [4.69, 9.17) is 0 Å². The molecule has 0 radical (unpaired) electrons. The summed E-state index contributed by atoms with van der Waals surface area (Å²) in [6, 6.07) is 15.8. The number of H-pyrrole nitrogens is 1. The zero-order chi connectivity index (χ0) is 22.4.